The van der Waals surface area contributed by atoms with Gasteiger partial charge in [-0.1, -0.05) is 12.1 Å². The molecule has 0 amide bonds. The minimum absolute atomic E-state index is 0.143. The molecule has 1 rings (SSSR count). The highest BCUT2D eigenvalue weighted by Gasteiger charge is 2.04. The molecular formula is C11H17N. The van der Waals surface area contributed by atoms with Crippen LogP contribution in [-0.2, 0) is 0 Å². The lowest BCUT2D eigenvalue weighted by molar-refractivity contribution is 0.807. The number of rotatable bonds is 1. The SMILES string of the molecule is Cc1cc(C)c([C@H](C)N)cc1C. The van der Waals surface area contributed by atoms with Crippen LogP contribution in [0.4, 0.5) is 0 Å². The van der Waals surface area contributed by atoms with Gasteiger partial charge >= 0.3 is 0 Å². The first-order chi connectivity index (χ1) is 5.52. The van der Waals surface area contributed by atoms with Crippen LogP contribution in [0.5, 0.6) is 0 Å². The lowest BCUT2D eigenvalue weighted by atomic mass is 9.97. The number of hydrogen-bond acceptors (Lipinski definition) is 1. The van der Waals surface area contributed by atoms with E-state index in [1.165, 1.54) is 22.3 Å². The Balaban J connectivity index is 3.23. The van der Waals surface area contributed by atoms with Gasteiger partial charge in [-0.2, -0.15) is 0 Å². The summed E-state index contributed by atoms with van der Waals surface area (Å²) in [5.41, 5.74) is 11.1. The first kappa shape index (κ1) is 9.27. The second-order valence-corrected chi connectivity index (χ2v) is 3.58. The highest BCUT2D eigenvalue weighted by atomic mass is 14.6. The zero-order valence-electron chi connectivity index (χ0n) is 8.31. The molecule has 0 saturated heterocycles. The maximum Gasteiger partial charge on any atom is 0.0268 e. The lowest BCUT2D eigenvalue weighted by Crippen LogP contribution is -2.07. The molecule has 0 radical (unpaired) electrons. The van der Waals surface area contributed by atoms with Gasteiger partial charge in [0.05, 0.1) is 0 Å². The highest BCUT2D eigenvalue weighted by Crippen LogP contribution is 2.19. The first-order valence-corrected chi connectivity index (χ1v) is 4.35. The van der Waals surface area contributed by atoms with E-state index >= 15 is 0 Å². The zero-order chi connectivity index (χ0) is 9.30. The molecule has 0 heterocycles. The van der Waals surface area contributed by atoms with E-state index in [9.17, 15) is 0 Å². The van der Waals surface area contributed by atoms with Gasteiger partial charge in [0.25, 0.3) is 0 Å². The Kier molecular flexibility index (Phi) is 2.53. The van der Waals surface area contributed by atoms with Gasteiger partial charge in [-0.15, -0.1) is 0 Å². The first-order valence-electron chi connectivity index (χ1n) is 4.35. The molecule has 2 N–H and O–H groups in total. The molecule has 0 aliphatic carbocycles. The maximum absolute atomic E-state index is 5.83. The van der Waals surface area contributed by atoms with Gasteiger partial charge in [0.2, 0.25) is 0 Å². The van der Waals surface area contributed by atoms with E-state index < -0.39 is 0 Å². The monoisotopic (exact) mass is 163 g/mol. The van der Waals surface area contributed by atoms with E-state index in [1.807, 2.05) is 6.92 Å². The van der Waals surface area contributed by atoms with E-state index in [0.29, 0.717) is 0 Å². The Bertz CT molecular complexity index is 287. The summed E-state index contributed by atoms with van der Waals surface area (Å²) < 4.78 is 0. The fourth-order valence-electron chi connectivity index (χ4n) is 1.47. The van der Waals surface area contributed by atoms with Crippen molar-refractivity contribution >= 4 is 0 Å². The summed E-state index contributed by atoms with van der Waals surface area (Å²) >= 11 is 0. The number of hydrogen-bond donors (Lipinski definition) is 1. The molecule has 0 aliphatic rings. The van der Waals surface area contributed by atoms with Gasteiger partial charge in [-0.05, 0) is 49.9 Å². The summed E-state index contributed by atoms with van der Waals surface area (Å²) in [6.45, 7) is 8.40. The largest absolute Gasteiger partial charge is 0.324 e. The van der Waals surface area contributed by atoms with Crippen molar-refractivity contribution in [3.63, 3.8) is 0 Å². The Morgan fingerprint density at radius 1 is 1.00 bits per heavy atom. The van der Waals surface area contributed by atoms with Crippen molar-refractivity contribution in [2.45, 2.75) is 33.7 Å². The molecule has 12 heavy (non-hydrogen) atoms. The summed E-state index contributed by atoms with van der Waals surface area (Å²) in [4.78, 5) is 0. The maximum atomic E-state index is 5.83. The minimum atomic E-state index is 0.143. The average molecular weight is 163 g/mol. The topological polar surface area (TPSA) is 26.0 Å². The van der Waals surface area contributed by atoms with Gasteiger partial charge in [0.1, 0.15) is 0 Å². The van der Waals surface area contributed by atoms with Gasteiger partial charge in [-0.3, -0.25) is 0 Å². The second kappa shape index (κ2) is 3.28. The third-order valence-electron chi connectivity index (χ3n) is 2.37. The second-order valence-electron chi connectivity index (χ2n) is 3.58. The quantitative estimate of drug-likeness (QED) is 0.676. The summed E-state index contributed by atoms with van der Waals surface area (Å²) in [5.74, 6) is 0. The Labute approximate surface area is 74.6 Å². The molecule has 0 unspecified atom stereocenters. The number of aryl methyl sites for hydroxylation is 3. The number of nitrogens with two attached hydrogens (primary N) is 1. The molecule has 1 heteroatoms. The Morgan fingerprint density at radius 2 is 1.50 bits per heavy atom. The van der Waals surface area contributed by atoms with Crippen LogP contribution in [0, 0.1) is 20.8 Å². The Hall–Kier alpha value is -0.820. The van der Waals surface area contributed by atoms with Crippen LogP contribution >= 0.6 is 0 Å². The summed E-state index contributed by atoms with van der Waals surface area (Å²) in [7, 11) is 0. The van der Waals surface area contributed by atoms with E-state index in [1.54, 1.807) is 0 Å². The molecule has 0 fully saturated rings. The van der Waals surface area contributed by atoms with E-state index in [0.717, 1.165) is 0 Å². The normalized spacial score (nSPS) is 13.1. The molecule has 0 spiro atoms. The summed E-state index contributed by atoms with van der Waals surface area (Å²) in [5, 5.41) is 0. The molecular weight excluding hydrogens is 146 g/mol. The Morgan fingerprint density at radius 3 is 2.00 bits per heavy atom. The predicted octanol–water partition coefficient (Wildman–Crippen LogP) is 2.63. The standard InChI is InChI=1S/C11H17N/c1-7-5-9(3)11(10(4)12)6-8(7)2/h5-6,10H,12H2,1-4H3/t10-/m0/s1. The molecule has 0 aliphatic heterocycles. The van der Waals surface area contributed by atoms with Crippen molar-refractivity contribution in [3.05, 3.63) is 34.4 Å². The highest BCUT2D eigenvalue weighted by molar-refractivity contribution is 5.37. The predicted molar refractivity (Wildman–Crippen MR) is 53.3 cm³/mol. The molecule has 0 saturated carbocycles. The van der Waals surface area contributed by atoms with Crippen LogP contribution < -0.4 is 5.73 Å². The van der Waals surface area contributed by atoms with Crippen molar-refractivity contribution in [2.75, 3.05) is 0 Å². The third kappa shape index (κ3) is 1.67. The fourth-order valence-corrected chi connectivity index (χ4v) is 1.47. The van der Waals surface area contributed by atoms with Crippen LogP contribution in [0.15, 0.2) is 12.1 Å². The van der Waals surface area contributed by atoms with Crippen molar-refractivity contribution < 1.29 is 0 Å². The smallest absolute Gasteiger partial charge is 0.0268 e. The van der Waals surface area contributed by atoms with E-state index in [2.05, 4.69) is 32.9 Å². The van der Waals surface area contributed by atoms with Crippen LogP contribution in [0.2, 0.25) is 0 Å². The van der Waals surface area contributed by atoms with Crippen molar-refractivity contribution in [1.82, 2.24) is 0 Å². The fraction of sp³-hybridized carbons (Fsp3) is 0.455. The number of benzene rings is 1. The summed E-state index contributed by atoms with van der Waals surface area (Å²) in [6.07, 6.45) is 0. The molecule has 0 aromatic heterocycles. The molecule has 1 aromatic rings. The van der Waals surface area contributed by atoms with Crippen LogP contribution in [-0.4, -0.2) is 0 Å². The van der Waals surface area contributed by atoms with Gasteiger partial charge in [-0.25, -0.2) is 0 Å². The van der Waals surface area contributed by atoms with Crippen molar-refractivity contribution in [3.8, 4) is 0 Å². The lowest BCUT2D eigenvalue weighted by Gasteiger charge is -2.12. The van der Waals surface area contributed by atoms with Crippen molar-refractivity contribution in [2.24, 2.45) is 5.73 Å². The van der Waals surface area contributed by atoms with E-state index in [4.69, 9.17) is 5.73 Å². The van der Waals surface area contributed by atoms with Gasteiger partial charge in [0.15, 0.2) is 0 Å². The van der Waals surface area contributed by atoms with Gasteiger partial charge < -0.3 is 5.73 Å². The van der Waals surface area contributed by atoms with Gasteiger partial charge in [0, 0.05) is 6.04 Å². The minimum Gasteiger partial charge on any atom is -0.324 e. The average Bonchev–Trinajstić information content (AvgIpc) is 1.96. The third-order valence-corrected chi connectivity index (χ3v) is 2.37. The van der Waals surface area contributed by atoms with Crippen LogP contribution in [0.1, 0.15) is 35.2 Å². The van der Waals surface area contributed by atoms with Crippen molar-refractivity contribution in [1.29, 1.82) is 0 Å². The summed E-state index contributed by atoms with van der Waals surface area (Å²) in [6, 6.07) is 4.54. The molecule has 0 bridgehead atoms. The zero-order valence-corrected chi connectivity index (χ0v) is 8.31. The molecule has 1 atom stereocenters. The molecule has 66 valence electrons. The molecule has 1 nitrogen and oxygen atoms in total. The molecule has 1 aromatic carbocycles. The van der Waals surface area contributed by atoms with Crippen LogP contribution in [0.25, 0.3) is 0 Å². The van der Waals surface area contributed by atoms with Crippen LogP contribution in [0.3, 0.4) is 0 Å². The van der Waals surface area contributed by atoms with E-state index in [-0.39, 0.29) is 6.04 Å².